The van der Waals surface area contributed by atoms with Crippen LogP contribution in [0.1, 0.15) is 49.4 Å². The summed E-state index contributed by atoms with van der Waals surface area (Å²) in [6, 6.07) is 7.13. The molecule has 1 atom stereocenters. The summed E-state index contributed by atoms with van der Waals surface area (Å²) in [5.41, 5.74) is 0.628. The molecule has 0 aliphatic carbocycles. The van der Waals surface area contributed by atoms with Crippen LogP contribution in [0.3, 0.4) is 0 Å². The van der Waals surface area contributed by atoms with Gasteiger partial charge in [0.2, 0.25) is 5.91 Å². The molecule has 1 amide bonds. The zero-order chi connectivity index (χ0) is 17.2. The number of halogens is 1. The number of rotatable bonds is 10. The molecule has 0 saturated carbocycles. The second-order valence-corrected chi connectivity index (χ2v) is 6.29. The van der Waals surface area contributed by atoms with Crippen molar-refractivity contribution in [3.8, 4) is 5.75 Å². The number of nitrogens with one attached hydrogen (secondary N) is 2. The largest absolute Gasteiger partial charge is 0.494 e. The van der Waals surface area contributed by atoms with E-state index in [9.17, 15) is 9.59 Å². The van der Waals surface area contributed by atoms with Gasteiger partial charge in [-0.25, -0.2) is 0 Å². The van der Waals surface area contributed by atoms with Crippen LogP contribution in [0.4, 0.5) is 0 Å². The Bertz CT molecular complexity index is 528. The predicted molar refractivity (Wildman–Crippen MR) is 102 cm³/mol. The molecular formula is C19H29ClN2O3. The van der Waals surface area contributed by atoms with Crippen molar-refractivity contribution >= 4 is 24.1 Å². The van der Waals surface area contributed by atoms with E-state index in [-0.39, 0.29) is 36.9 Å². The Morgan fingerprint density at radius 1 is 1.24 bits per heavy atom. The summed E-state index contributed by atoms with van der Waals surface area (Å²) in [6.07, 6.45) is 3.63. The number of Topliss-reactive ketones (excluding diaryl/α,β-unsaturated/α-hetero) is 1. The fourth-order valence-corrected chi connectivity index (χ4v) is 2.79. The second-order valence-electron chi connectivity index (χ2n) is 6.29. The van der Waals surface area contributed by atoms with Crippen LogP contribution >= 0.6 is 12.4 Å². The van der Waals surface area contributed by atoms with E-state index in [2.05, 4.69) is 10.6 Å². The Kier molecular flexibility index (Phi) is 10.2. The SMILES string of the molecule is CCCOc1ccc(C(=O)CCC(=O)NCCC2CCNC2)cc1.Cl. The maximum absolute atomic E-state index is 12.1. The van der Waals surface area contributed by atoms with Crippen LogP contribution in [-0.2, 0) is 4.79 Å². The molecule has 1 heterocycles. The van der Waals surface area contributed by atoms with Crippen molar-refractivity contribution in [1.82, 2.24) is 10.6 Å². The second kappa shape index (κ2) is 11.9. The highest BCUT2D eigenvalue weighted by molar-refractivity contribution is 5.98. The third kappa shape index (κ3) is 7.88. The fourth-order valence-electron chi connectivity index (χ4n) is 2.79. The summed E-state index contributed by atoms with van der Waals surface area (Å²) in [7, 11) is 0. The highest BCUT2D eigenvalue weighted by atomic mass is 35.5. The number of carbonyl (C=O) groups excluding carboxylic acids is 2. The lowest BCUT2D eigenvalue weighted by Gasteiger charge is -2.09. The summed E-state index contributed by atoms with van der Waals surface area (Å²) in [5.74, 6) is 1.39. The number of hydrogen-bond acceptors (Lipinski definition) is 4. The third-order valence-corrected chi connectivity index (χ3v) is 4.27. The van der Waals surface area contributed by atoms with E-state index in [1.165, 1.54) is 6.42 Å². The predicted octanol–water partition coefficient (Wildman–Crippen LogP) is 2.98. The van der Waals surface area contributed by atoms with Crippen molar-refractivity contribution in [3.63, 3.8) is 0 Å². The lowest BCUT2D eigenvalue weighted by molar-refractivity contribution is -0.121. The Balaban J connectivity index is 0.00000312. The molecule has 1 aliphatic heterocycles. The van der Waals surface area contributed by atoms with E-state index in [0.29, 0.717) is 24.6 Å². The van der Waals surface area contributed by atoms with E-state index in [1.54, 1.807) is 24.3 Å². The van der Waals surface area contributed by atoms with Gasteiger partial charge in [-0.05, 0) is 62.5 Å². The van der Waals surface area contributed by atoms with Crippen LogP contribution in [0.15, 0.2) is 24.3 Å². The molecule has 0 bridgehead atoms. The first kappa shape index (κ1) is 21.5. The minimum atomic E-state index is -0.0443. The molecule has 2 rings (SSSR count). The van der Waals surface area contributed by atoms with Crippen LogP contribution in [0.2, 0.25) is 0 Å². The molecule has 1 aliphatic rings. The van der Waals surface area contributed by atoms with E-state index < -0.39 is 0 Å². The zero-order valence-electron chi connectivity index (χ0n) is 14.9. The number of carbonyl (C=O) groups is 2. The van der Waals surface area contributed by atoms with Gasteiger partial charge in [0.25, 0.3) is 0 Å². The first-order valence-electron chi connectivity index (χ1n) is 8.92. The zero-order valence-corrected chi connectivity index (χ0v) is 15.7. The molecule has 5 nitrogen and oxygen atoms in total. The molecule has 6 heteroatoms. The molecule has 1 fully saturated rings. The lowest BCUT2D eigenvalue weighted by atomic mass is 10.0. The van der Waals surface area contributed by atoms with Crippen molar-refractivity contribution < 1.29 is 14.3 Å². The van der Waals surface area contributed by atoms with Gasteiger partial charge in [-0.3, -0.25) is 9.59 Å². The lowest BCUT2D eigenvalue weighted by Crippen LogP contribution is -2.26. The average molecular weight is 369 g/mol. The van der Waals surface area contributed by atoms with Crippen LogP contribution in [0.25, 0.3) is 0 Å². The smallest absolute Gasteiger partial charge is 0.220 e. The minimum absolute atomic E-state index is 0. The third-order valence-electron chi connectivity index (χ3n) is 4.27. The Labute approximate surface area is 156 Å². The normalized spacial score (nSPS) is 16.1. The Hall–Kier alpha value is -1.59. The first-order chi connectivity index (χ1) is 11.7. The van der Waals surface area contributed by atoms with Gasteiger partial charge in [0, 0.05) is 24.9 Å². The minimum Gasteiger partial charge on any atom is -0.494 e. The quantitative estimate of drug-likeness (QED) is 0.623. The average Bonchev–Trinajstić information content (AvgIpc) is 3.11. The van der Waals surface area contributed by atoms with E-state index in [4.69, 9.17) is 4.74 Å². The molecule has 140 valence electrons. The van der Waals surface area contributed by atoms with E-state index >= 15 is 0 Å². The van der Waals surface area contributed by atoms with Gasteiger partial charge in [-0.1, -0.05) is 6.92 Å². The van der Waals surface area contributed by atoms with Crippen molar-refractivity contribution in [2.75, 3.05) is 26.2 Å². The van der Waals surface area contributed by atoms with Crippen LogP contribution in [0, 0.1) is 5.92 Å². The molecule has 1 aromatic carbocycles. The summed E-state index contributed by atoms with van der Waals surface area (Å²) >= 11 is 0. The summed E-state index contributed by atoms with van der Waals surface area (Å²) in [6.45, 7) is 5.54. The standard InChI is InChI=1S/C19H28N2O3.ClH/c1-2-13-24-17-5-3-16(4-6-17)18(22)7-8-19(23)21-12-10-15-9-11-20-14-15;/h3-6,15,20H,2,7-14H2,1H3,(H,21,23);1H. The summed E-state index contributed by atoms with van der Waals surface area (Å²) in [4.78, 5) is 24.0. The monoisotopic (exact) mass is 368 g/mol. The van der Waals surface area contributed by atoms with Gasteiger partial charge in [0.1, 0.15) is 5.75 Å². The van der Waals surface area contributed by atoms with Gasteiger partial charge in [-0.15, -0.1) is 12.4 Å². The molecule has 0 spiro atoms. The maximum Gasteiger partial charge on any atom is 0.220 e. The highest BCUT2D eigenvalue weighted by Gasteiger charge is 2.14. The van der Waals surface area contributed by atoms with Crippen molar-refractivity contribution in [2.24, 2.45) is 5.92 Å². The molecule has 0 radical (unpaired) electrons. The molecular weight excluding hydrogens is 340 g/mol. The van der Waals surface area contributed by atoms with Gasteiger partial charge >= 0.3 is 0 Å². The van der Waals surface area contributed by atoms with Gasteiger partial charge in [-0.2, -0.15) is 0 Å². The van der Waals surface area contributed by atoms with Crippen molar-refractivity contribution in [2.45, 2.75) is 39.0 Å². The van der Waals surface area contributed by atoms with Crippen LogP contribution in [-0.4, -0.2) is 37.9 Å². The Morgan fingerprint density at radius 2 is 2.00 bits per heavy atom. The van der Waals surface area contributed by atoms with Gasteiger partial charge < -0.3 is 15.4 Å². The summed E-state index contributed by atoms with van der Waals surface area (Å²) in [5, 5.41) is 6.23. The number of hydrogen-bond donors (Lipinski definition) is 2. The molecule has 2 N–H and O–H groups in total. The number of benzene rings is 1. The topological polar surface area (TPSA) is 67.4 Å². The molecule has 1 unspecified atom stereocenters. The molecule has 0 aromatic heterocycles. The van der Waals surface area contributed by atoms with E-state index in [0.717, 1.165) is 31.7 Å². The van der Waals surface area contributed by atoms with Crippen LogP contribution < -0.4 is 15.4 Å². The fraction of sp³-hybridized carbons (Fsp3) is 0.579. The van der Waals surface area contributed by atoms with Gasteiger partial charge in [0.05, 0.1) is 6.61 Å². The molecule has 1 saturated heterocycles. The highest BCUT2D eigenvalue weighted by Crippen LogP contribution is 2.14. The first-order valence-corrected chi connectivity index (χ1v) is 8.92. The molecule has 25 heavy (non-hydrogen) atoms. The maximum atomic E-state index is 12.1. The van der Waals surface area contributed by atoms with Crippen LogP contribution in [0.5, 0.6) is 5.75 Å². The van der Waals surface area contributed by atoms with E-state index in [1.807, 2.05) is 6.92 Å². The summed E-state index contributed by atoms with van der Waals surface area (Å²) < 4.78 is 5.49. The number of amides is 1. The Morgan fingerprint density at radius 3 is 2.64 bits per heavy atom. The van der Waals surface area contributed by atoms with Crippen molar-refractivity contribution in [3.05, 3.63) is 29.8 Å². The molecule has 1 aromatic rings. The number of ketones is 1. The van der Waals surface area contributed by atoms with Crippen molar-refractivity contribution in [1.29, 1.82) is 0 Å². The van der Waals surface area contributed by atoms with Gasteiger partial charge in [0.15, 0.2) is 5.78 Å². The number of ether oxygens (including phenoxy) is 1.